The van der Waals surface area contributed by atoms with Crippen LogP contribution in [0.5, 0.6) is 0 Å². The van der Waals surface area contributed by atoms with Gasteiger partial charge < -0.3 is 10.0 Å². The average molecular weight is 272 g/mol. The summed E-state index contributed by atoms with van der Waals surface area (Å²) in [5.41, 5.74) is 1.07. The first kappa shape index (κ1) is 12.2. The van der Waals surface area contributed by atoms with Gasteiger partial charge in [-0.15, -0.1) is 0 Å². The van der Waals surface area contributed by atoms with Gasteiger partial charge in [0, 0.05) is 24.5 Å². The normalized spacial score (nSPS) is 10.1. The summed E-state index contributed by atoms with van der Waals surface area (Å²) in [6, 6.07) is 7.82. The van der Waals surface area contributed by atoms with Crippen molar-refractivity contribution in [2.75, 3.05) is 13.7 Å². The minimum absolute atomic E-state index is 0.0440. The Morgan fingerprint density at radius 1 is 1.53 bits per heavy atom. The molecule has 82 valence electrons. The van der Waals surface area contributed by atoms with E-state index >= 15 is 0 Å². The molecular formula is C11H14BrNO2. The number of aliphatic hydroxyl groups is 1. The Morgan fingerprint density at radius 2 is 2.27 bits per heavy atom. The zero-order chi connectivity index (χ0) is 11.3. The van der Waals surface area contributed by atoms with Crippen LogP contribution in [0.2, 0.25) is 0 Å². The fourth-order valence-electron chi connectivity index (χ4n) is 1.28. The number of nitrogens with zero attached hydrogens (tertiary/aromatic N) is 1. The Hall–Kier alpha value is -0.870. The van der Waals surface area contributed by atoms with Crippen LogP contribution in [-0.4, -0.2) is 29.6 Å². The molecule has 0 atom stereocenters. The molecule has 0 aliphatic heterocycles. The van der Waals surface area contributed by atoms with Crippen LogP contribution in [0.3, 0.4) is 0 Å². The molecule has 0 radical (unpaired) electrons. The second-order valence-corrected chi connectivity index (χ2v) is 4.27. The first-order chi connectivity index (χ1) is 7.13. The maximum absolute atomic E-state index is 11.4. The van der Waals surface area contributed by atoms with E-state index < -0.39 is 0 Å². The van der Waals surface area contributed by atoms with Gasteiger partial charge in [-0.05, 0) is 17.7 Å². The molecule has 1 N–H and O–H groups in total. The SMILES string of the molecule is CN(Cc1cccc(Br)c1)C(=O)CCO. The quantitative estimate of drug-likeness (QED) is 0.907. The number of carbonyl (C=O) groups excluding carboxylic acids is 1. The van der Waals surface area contributed by atoms with Gasteiger partial charge in [0.25, 0.3) is 0 Å². The van der Waals surface area contributed by atoms with Crippen LogP contribution in [0.1, 0.15) is 12.0 Å². The lowest BCUT2D eigenvalue weighted by Gasteiger charge is -2.16. The number of carbonyl (C=O) groups is 1. The third-order valence-corrected chi connectivity index (χ3v) is 2.55. The largest absolute Gasteiger partial charge is 0.396 e. The highest BCUT2D eigenvalue weighted by molar-refractivity contribution is 9.10. The van der Waals surface area contributed by atoms with Gasteiger partial charge in [-0.3, -0.25) is 4.79 Å². The lowest BCUT2D eigenvalue weighted by Crippen LogP contribution is -2.26. The highest BCUT2D eigenvalue weighted by atomic mass is 79.9. The van der Waals surface area contributed by atoms with Gasteiger partial charge in [-0.25, -0.2) is 0 Å². The molecule has 0 aliphatic carbocycles. The minimum atomic E-state index is -0.0956. The predicted octanol–water partition coefficient (Wildman–Crippen LogP) is 1.79. The van der Waals surface area contributed by atoms with E-state index in [1.807, 2.05) is 24.3 Å². The third-order valence-electron chi connectivity index (χ3n) is 2.06. The van der Waals surface area contributed by atoms with Crippen molar-refractivity contribution in [2.24, 2.45) is 0 Å². The highest BCUT2D eigenvalue weighted by Gasteiger charge is 2.07. The molecule has 0 saturated heterocycles. The molecule has 3 nitrogen and oxygen atoms in total. The second kappa shape index (κ2) is 5.88. The molecule has 0 heterocycles. The van der Waals surface area contributed by atoms with Crippen molar-refractivity contribution >= 4 is 21.8 Å². The Balaban J connectivity index is 2.58. The molecule has 1 rings (SSSR count). The molecule has 0 unspecified atom stereocenters. The van der Waals surface area contributed by atoms with Gasteiger partial charge >= 0.3 is 0 Å². The van der Waals surface area contributed by atoms with Crippen molar-refractivity contribution in [3.05, 3.63) is 34.3 Å². The third kappa shape index (κ3) is 4.01. The van der Waals surface area contributed by atoms with Crippen LogP contribution in [0.4, 0.5) is 0 Å². The monoisotopic (exact) mass is 271 g/mol. The summed E-state index contributed by atoms with van der Waals surface area (Å²) < 4.78 is 1.00. The van der Waals surface area contributed by atoms with Crippen LogP contribution in [0, 0.1) is 0 Å². The Bertz CT molecular complexity index is 341. The summed E-state index contributed by atoms with van der Waals surface area (Å²) >= 11 is 3.38. The predicted molar refractivity (Wildman–Crippen MR) is 62.3 cm³/mol. The topological polar surface area (TPSA) is 40.5 Å². The lowest BCUT2D eigenvalue weighted by molar-refractivity contribution is -0.131. The number of aliphatic hydroxyl groups excluding tert-OH is 1. The van der Waals surface area contributed by atoms with Crippen molar-refractivity contribution in [1.82, 2.24) is 4.90 Å². The molecule has 1 amide bonds. The van der Waals surface area contributed by atoms with E-state index in [2.05, 4.69) is 15.9 Å². The summed E-state index contributed by atoms with van der Waals surface area (Å²) in [6.07, 6.45) is 0.185. The van der Waals surface area contributed by atoms with Gasteiger partial charge in [-0.1, -0.05) is 28.1 Å². The Morgan fingerprint density at radius 3 is 2.87 bits per heavy atom. The first-order valence-electron chi connectivity index (χ1n) is 4.72. The molecule has 0 spiro atoms. The van der Waals surface area contributed by atoms with Gasteiger partial charge in [0.1, 0.15) is 0 Å². The van der Waals surface area contributed by atoms with E-state index in [0.29, 0.717) is 6.54 Å². The smallest absolute Gasteiger partial charge is 0.224 e. The van der Waals surface area contributed by atoms with E-state index in [9.17, 15) is 4.79 Å². The molecule has 0 aromatic heterocycles. The summed E-state index contributed by atoms with van der Waals surface area (Å²) in [7, 11) is 1.74. The summed E-state index contributed by atoms with van der Waals surface area (Å²) in [6.45, 7) is 0.472. The van der Waals surface area contributed by atoms with Crippen molar-refractivity contribution in [3.8, 4) is 0 Å². The van der Waals surface area contributed by atoms with Gasteiger partial charge in [0.2, 0.25) is 5.91 Å². The van der Waals surface area contributed by atoms with Crippen LogP contribution in [-0.2, 0) is 11.3 Å². The summed E-state index contributed by atoms with van der Waals surface area (Å²) in [4.78, 5) is 13.0. The van der Waals surface area contributed by atoms with Crippen molar-refractivity contribution in [1.29, 1.82) is 0 Å². The van der Waals surface area contributed by atoms with Gasteiger partial charge in [-0.2, -0.15) is 0 Å². The van der Waals surface area contributed by atoms with Crippen LogP contribution in [0.15, 0.2) is 28.7 Å². The van der Waals surface area contributed by atoms with Crippen molar-refractivity contribution in [2.45, 2.75) is 13.0 Å². The summed E-state index contributed by atoms with van der Waals surface area (Å²) in [5.74, 6) is -0.0440. The fourth-order valence-corrected chi connectivity index (χ4v) is 1.73. The van der Waals surface area contributed by atoms with E-state index in [0.717, 1.165) is 10.0 Å². The van der Waals surface area contributed by atoms with Crippen LogP contribution >= 0.6 is 15.9 Å². The van der Waals surface area contributed by atoms with E-state index in [-0.39, 0.29) is 18.9 Å². The number of amides is 1. The molecule has 4 heteroatoms. The van der Waals surface area contributed by atoms with Gasteiger partial charge in [0.15, 0.2) is 0 Å². The molecule has 0 aliphatic rings. The van der Waals surface area contributed by atoms with Crippen molar-refractivity contribution < 1.29 is 9.90 Å². The number of hydrogen-bond donors (Lipinski definition) is 1. The van der Waals surface area contributed by atoms with E-state index in [1.54, 1.807) is 11.9 Å². The average Bonchev–Trinajstić information content (AvgIpc) is 2.18. The van der Waals surface area contributed by atoms with Crippen molar-refractivity contribution in [3.63, 3.8) is 0 Å². The van der Waals surface area contributed by atoms with Crippen LogP contribution in [0.25, 0.3) is 0 Å². The Kier molecular flexibility index (Phi) is 4.78. The first-order valence-corrected chi connectivity index (χ1v) is 5.52. The van der Waals surface area contributed by atoms with E-state index in [4.69, 9.17) is 5.11 Å². The molecule has 15 heavy (non-hydrogen) atoms. The fraction of sp³-hybridized carbons (Fsp3) is 0.364. The number of rotatable bonds is 4. The Labute approximate surface area is 97.8 Å². The zero-order valence-corrected chi connectivity index (χ0v) is 10.2. The molecule has 0 bridgehead atoms. The van der Waals surface area contributed by atoms with Crippen LogP contribution < -0.4 is 0 Å². The minimum Gasteiger partial charge on any atom is -0.396 e. The molecule has 0 fully saturated rings. The molecule has 1 aromatic carbocycles. The lowest BCUT2D eigenvalue weighted by atomic mass is 10.2. The number of halogens is 1. The molecular weight excluding hydrogens is 258 g/mol. The maximum atomic E-state index is 11.4. The second-order valence-electron chi connectivity index (χ2n) is 3.35. The number of hydrogen-bond acceptors (Lipinski definition) is 2. The number of benzene rings is 1. The standard InChI is InChI=1S/C11H14BrNO2/c1-13(11(15)5-6-14)8-9-3-2-4-10(12)7-9/h2-4,7,14H,5-6,8H2,1H3. The maximum Gasteiger partial charge on any atom is 0.224 e. The zero-order valence-electron chi connectivity index (χ0n) is 8.61. The van der Waals surface area contributed by atoms with Gasteiger partial charge in [0.05, 0.1) is 6.61 Å². The molecule has 1 aromatic rings. The summed E-state index contributed by atoms with van der Waals surface area (Å²) in [5, 5.41) is 8.64. The molecule has 0 saturated carbocycles. The van der Waals surface area contributed by atoms with E-state index in [1.165, 1.54) is 0 Å². The highest BCUT2D eigenvalue weighted by Crippen LogP contribution is 2.13.